The Morgan fingerprint density at radius 2 is 1.97 bits per heavy atom. The Balaban J connectivity index is 1.65. The molecule has 1 N–H and O–H groups in total. The number of carbonyl (C=O) groups is 2. The standard InChI is InChI=1S/C20H16ClF3N4O4/c1-10-3-4-11(7-13(10)20(22,23)24)27-18(30)15-8-12(28-32-15)5-6-14(29)17-16(21)19(31-2)26-9-25-17/h3-4,7-9H,5-6H2,1-2H3,(H,27,30). The molecule has 0 saturated heterocycles. The van der Waals surface area contributed by atoms with Crippen molar-refractivity contribution in [3.63, 3.8) is 0 Å². The van der Waals surface area contributed by atoms with E-state index in [4.69, 9.17) is 20.9 Å². The highest BCUT2D eigenvalue weighted by molar-refractivity contribution is 6.34. The van der Waals surface area contributed by atoms with Gasteiger partial charge in [-0.05, 0) is 24.6 Å². The molecule has 2 aromatic heterocycles. The molecule has 3 aromatic rings. The molecule has 1 amide bonds. The van der Waals surface area contributed by atoms with Crippen molar-refractivity contribution in [2.75, 3.05) is 12.4 Å². The minimum Gasteiger partial charge on any atom is -0.480 e. The third-order valence-corrected chi connectivity index (χ3v) is 4.75. The summed E-state index contributed by atoms with van der Waals surface area (Å²) in [4.78, 5) is 32.3. The minimum absolute atomic E-state index is 0.0141. The SMILES string of the molecule is COc1ncnc(C(=O)CCc2cc(C(=O)Nc3ccc(C)c(C(F)(F)F)c3)on2)c1Cl. The van der Waals surface area contributed by atoms with Gasteiger partial charge < -0.3 is 14.6 Å². The summed E-state index contributed by atoms with van der Waals surface area (Å²) in [5.41, 5.74) is -0.593. The van der Waals surface area contributed by atoms with Gasteiger partial charge in [0, 0.05) is 24.6 Å². The molecule has 168 valence electrons. The number of benzene rings is 1. The lowest BCUT2D eigenvalue weighted by Crippen LogP contribution is -2.13. The number of aryl methyl sites for hydroxylation is 2. The molecular weight excluding hydrogens is 453 g/mol. The quantitative estimate of drug-likeness (QED) is 0.508. The summed E-state index contributed by atoms with van der Waals surface area (Å²) in [6, 6.07) is 4.73. The zero-order valence-electron chi connectivity index (χ0n) is 16.8. The van der Waals surface area contributed by atoms with Crippen LogP contribution in [-0.2, 0) is 12.6 Å². The molecule has 0 saturated carbocycles. The molecule has 0 aliphatic rings. The Morgan fingerprint density at radius 1 is 1.22 bits per heavy atom. The number of Topliss-reactive ketones (excluding diaryl/α,β-unsaturated/α-hetero) is 1. The van der Waals surface area contributed by atoms with Gasteiger partial charge in [-0.2, -0.15) is 13.2 Å². The lowest BCUT2D eigenvalue weighted by molar-refractivity contribution is -0.138. The number of methoxy groups -OCH3 is 1. The van der Waals surface area contributed by atoms with Crippen molar-refractivity contribution in [1.82, 2.24) is 15.1 Å². The van der Waals surface area contributed by atoms with E-state index in [0.717, 1.165) is 12.4 Å². The summed E-state index contributed by atoms with van der Waals surface area (Å²) < 4.78 is 49.0. The van der Waals surface area contributed by atoms with Crippen molar-refractivity contribution in [1.29, 1.82) is 0 Å². The summed E-state index contributed by atoms with van der Waals surface area (Å²) in [5.74, 6) is -1.34. The average Bonchev–Trinajstić information content (AvgIpc) is 3.22. The monoisotopic (exact) mass is 468 g/mol. The number of rotatable bonds is 7. The van der Waals surface area contributed by atoms with Crippen LogP contribution in [-0.4, -0.2) is 33.9 Å². The Bertz CT molecular complexity index is 1160. The molecule has 0 fully saturated rings. The Kier molecular flexibility index (Phi) is 6.78. The van der Waals surface area contributed by atoms with Crippen LogP contribution in [0.15, 0.2) is 35.1 Å². The second-order valence-electron chi connectivity index (χ2n) is 6.63. The number of aromatic nitrogens is 3. The number of anilines is 1. The van der Waals surface area contributed by atoms with Crippen LogP contribution in [0.5, 0.6) is 5.88 Å². The van der Waals surface area contributed by atoms with Crippen molar-refractivity contribution >= 4 is 29.0 Å². The highest BCUT2D eigenvalue weighted by Gasteiger charge is 2.32. The van der Waals surface area contributed by atoms with Gasteiger partial charge >= 0.3 is 6.18 Å². The van der Waals surface area contributed by atoms with Crippen molar-refractivity contribution in [2.24, 2.45) is 0 Å². The zero-order chi connectivity index (χ0) is 23.5. The van der Waals surface area contributed by atoms with E-state index in [1.165, 1.54) is 32.2 Å². The molecular formula is C20H16ClF3N4O4. The van der Waals surface area contributed by atoms with Gasteiger partial charge in [0.1, 0.15) is 17.0 Å². The second-order valence-corrected chi connectivity index (χ2v) is 7.01. The summed E-state index contributed by atoms with van der Waals surface area (Å²) in [7, 11) is 1.35. The summed E-state index contributed by atoms with van der Waals surface area (Å²) in [5, 5.41) is 6.03. The van der Waals surface area contributed by atoms with E-state index in [1.54, 1.807) is 0 Å². The van der Waals surface area contributed by atoms with Crippen LogP contribution < -0.4 is 10.1 Å². The maximum atomic E-state index is 13.0. The summed E-state index contributed by atoms with van der Waals surface area (Å²) in [6.07, 6.45) is -3.33. The maximum absolute atomic E-state index is 13.0. The predicted molar refractivity (Wildman–Crippen MR) is 107 cm³/mol. The largest absolute Gasteiger partial charge is 0.480 e. The van der Waals surface area contributed by atoms with Crippen LogP contribution in [0.25, 0.3) is 0 Å². The fraction of sp³-hybridized carbons (Fsp3) is 0.250. The highest BCUT2D eigenvalue weighted by Crippen LogP contribution is 2.33. The first kappa shape index (κ1) is 23.2. The topological polar surface area (TPSA) is 107 Å². The van der Waals surface area contributed by atoms with Crippen LogP contribution in [0, 0.1) is 6.92 Å². The van der Waals surface area contributed by atoms with Crippen molar-refractivity contribution in [2.45, 2.75) is 25.9 Å². The number of hydrogen-bond acceptors (Lipinski definition) is 7. The Morgan fingerprint density at radius 3 is 2.66 bits per heavy atom. The fourth-order valence-electron chi connectivity index (χ4n) is 2.78. The molecule has 3 rings (SSSR count). The first-order chi connectivity index (χ1) is 15.1. The van der Waals surface area contributed by atoms with Crippen LogP contribution in [0.3, 0.4) is 0 Å². The fourth-order valence-corrected chi connectivity index (χ4v) is 3.07. The molecule has 2 heterocycles. The normalized spacial score (nSPS) is 11.3. The summed E-state index contributed by atoms with van der Waals surface area (Å²) >= 11 is 6.03. The molecule has 0 spiro atoms. The first-order valence-corrected chi connectivity index (χ1v) is 9.50. The van der Waals surface area contributed by atoms with Crippen molar-refractivity contribution in [3.8, 4) is 5.88 Å². The highest BCUT2D eigenvalue weighted by atomic mass is 35.5. The van der Waals surface area contributed by atoms with Crippen LogP contribution in [0.4, 0.5) is 18.9 Å². The van der Waals surface area contributed by atoms with E-state index in [1.807, 2.05) is 0 Å². The molecule has 1 aromatic carbocycles. The van der Waals surface area contributed by atoms with Gasteiger partial charge in [-0.25, -0.2) is 9.97 Å². The maximum Gasteiger partial charge on any atom is 0.416 e. The number of carbonyl (C=O) groups excluding carboxylic acids is 2. The Labute approximate surface area is 184 Å². The van der Waals surface area contributed by atoms with E-state index in [2.05, 4.69) is 20.4 Å². The number of alkyl halides is 3. The number of nitrogens with zero attached hydrogens (tertiary/aromatic N) is 3. The molecule has 0 aliphatic heterocycles. The number of ether oxygens (including phenoxy) is 1. The van der Waals surface area contributed by atoms with E-state index < -0.39 is 23.4 Å². The Hall–Kier alpha value is -3.47. The smallest absolute Gasteiger partial charge is 0.416 e. The van der Waals surface area contributed by atoms with Crippen LogP contribution in [0.2, 0.25) is 5.02 Å². The van der Waals surface area contributed by atoms with E-state index in [0.29, 0.717) is 5.69 Å². The molecule has 0 atom stereocenters. The van der Waals surface area contributed by atoms with Gasteiger partial charge in [0.2, 0.25) is 11.6 Å². The number of amides is 1. The van der Waals surface area contributed by atoms with E-state index >= 15 is 0 Å². The van der Waals surface area contributed by atoms with Crippen LogP contribution in [0.1, 0.15) is 44.3 Å². The predicted octanol–water partition coefficient (Wildman–Crippen LogP) is 4.52. The summed E-state index contributed by atoms with van der Waals surface area (Å²) in [6.45, 7) is 1.32. The molecule has 0 radical (unpaired) electrons. The molecule has 12 heteroatoms. The van der Waals surface area contributed by atoms with Gasteiger partial charge in [-0.15, -0.1) is 0 Å². The zero-order valence-corrected chi connectivity index (χ0v) is 17.5. The van der Waals surface area contributed by atoms with Gasteiger partial charge in [-0.3, -0.25) is 9.59 Å². The minimum atomic E-state index is -4.55. The molecule has 0 bridgehead atoms. The third kappa shape index (κ3) is 5.22. The van der Waals surface area contributed by atoms with Crippen LogP contribution >= 0.6 is 11.6 Å². The number of ketones is 1. The molecule has 32 heavy (non-hydrogen) atoms. The van der Waals surface area contributed by atoms with Gasteiger partial charge in [0.05, 0.1) is 18.4 Å². The average molecular weight is 469 g/mol. The lowest BCUT2D eigenvalue weighted by Gasteiger charge is -2.12. The molecule has 8 nitrogen and oxygen atoms in total. The van der Waals surface area contributed by atoms with Gasteiger partial charge in [0.15, 0.2) is 5.78 Å². The second kappa shape index (κ2) is 9.35. The third-order valence-electron chi connectivity index (χ3n) is 4.41. The number of halogens is 4. The first-order valence-electron chi connectivity index (χ1n) is 9.12. The number of nitrogens with one attached hydrogen (secondary N) is 1. The molecule has 0 unspecified atom stereocenters. The van der Waals surface area contributed by atoms with Gasteiger partial charge in [-0.1, -0.05) is 22.8 Å². The molecule has 0 aliphatic carbocycles. The van der Waals surface area contributed by atoms with Crippen molar-refractivity contribution in [3.05, 3.63) is 63.9 Å². The number of hydrogen-bond donors (Lipinski definition) is 1. The van der Waals surface area contributed by atoms with E-state index in [9.17, 15) is 22.8 Å². The van der Waals surface area contributed by atoms with Crippen molar-refractivity contribution < 1.29 is 32.0 Å². The lowest BCUT2D eigenvalue weighted by atomic mass is 10.1. The van der Waals surface area contributed by atoms with E-state index in [-0.39, 0.29) is 46.4 Å². The van der Waals surface area contributed by atoms with Gasteiger partial charge in [0.25, 0.3) is 5.91 Å².